The maximum atomic E-state index is 12.8. The molecule has 98 valence electrons. The predicted molar refractivity (Wildman–Crippen MR) is 62.5 cm³/mol. The molecule has 0 aliphatic carbocycles. The van der Waals surface area contributed by atoms with Crippen LogP contribution in [0.2, 0.25) is 0 Å². The zero-order valence-corrected chi connectivity index (χ0v) is 10.2. The Hall–Kier alpha value is -1.98. The first kappa shape index (κ1) is 14.1. The van der Waals surface area contributed by atoms with Gasteiger partial charge in [-0.1, -0.05) is 26.3 Å². The molecule has 0 unspecified atom stereocenters. The summed E-state index contributed by atoms with van der Waals surface area (Å²) in [6.45, 7) is 3.55. The van der Waals surface area contributed by atoms with Gasteiger partial charge in [0.1, 0.15) is 11.7 Å². The molecule has 0 saturated heterocycles. The van der Waals surface area contributed by atoms with E-state index in [0.29, 0.717) is 6.42 Å². The van der Waals surface area contributed by atoms with Crippen molar-refractivity contribution in [2.75, 3.05) is 0 Å². The average molecular weight is 254 g/mol. The van der Waals surface area contributed by atoms with Gasteiger partial charge < -0.3 is 10.4 Å². The van der Waals surface area contributed by atoms with Crippen molar-refractivity contribution in [2.24, 2.45) is 5.92 Å². The van der Waals surface area contributed by atoms with E-state index in [0.717, 1.165) is 6.07 Å². The van der Waals surface area contributed by atoms with Crippen LogP contribution in [-0.2, 0) is 4.79 Å². The molecule has 2 N–H and O–H groups in total. The second-order valence-electron chi connectivity index (χ2n) is 4.02. The lowest BCUT2D eigenvalue weighted by molar-refractivity contribution is -0.140. The summed E-state index contributed by atoms with van der Waals surface area (Å²) in [5.41, 5.74) is -0.135. The van der Waals surface area contributed by atoms with Gasteiger partial charge in [-0.25, -0.2) is 9.78 Å². The number of nitrogens with one attached hydrogen (secondary N) is 1. The molecule has 0 bridgehead atoms. The van der Waals surface area contributed by atoms with Crippen LogP contribution in [0.1, 0.15) is 30.8 Å². The number of aliphatic carboxylic acids is 1. The summed E-state index contributed by atoms with van der Waals surface area (Å²) in [5.74, 6) is -2.81. The maximum Gasteiger partial charge on any atom is 0.326 e. The third-order valence-electron chi connectivity index (χ3n) is 2.71. The van der Waals surface area contributed by atoms with E-state index < -0.39 is 23.9 Å². The summed E-state index contributed by atoms with van der Waals surface area (Å²) in [4.78, 5) is 26.2. The van der Waals surface area contributed by atoms with Crippen molar-refractivity contribution in [3.63, 3.8) is 0 Å². The van der Waals surface area contributed by atoms with Gasteiger partial charge in [-0.2, -0.15) is 4.39 Å². The Kier molecular flexibility index (Phi) is 4.76. The molecule has 1 rings (SSSR count). The van der Waals surface area contributed by atoms with Crippen molar-refractivity contribution in [3.8, 4) is 0 Å². The Labute approximate surface area is 104 Å². The third-order valence-corrected chi connectivity index (χ3v) is 2.71. The van der Waals surface area contributed by atoms with E-state index in [1.165, 1.54) is 12.1 Å². The van der Waals surface area contributed by atoms with Crippen LogP contribution >= 0.6 is 0 Å². The fourth-order valence-corrected chi connectivity index (χ4v) is 1.43. The Morgan fingerprint density at radius 1 is 1.50 bits per heavy atom. The van der Waals surface area contributed by atoms with Crippen molar-refractivity contribution < 1.29 is 19.1 Å². The molecule has 0 spiro atoms. The molecule has 0 aromatic carbocycles. The highest BCUT2D eigenvalue weighted by Gasteiger charge is 2.26. The first-order chi connectivity index (χ1) is 8.45. The van der Waals surface area contributed by atoms with Crippen LogP contribution in [0.4, 0.5) is 4.39 Å². The van der Waals surface area contributed by atoms with Crippen LogP contribution in [0.3, 0.4) is 0 Å². The molecule has 6 heteroatoms. The van der Waals surface area contributed by atoms with Crippen LogP contribution in [0.15, 0.2) is 18.2 Å². The minimum Gasteiger partial charge on any atom is -0.480 e. The summed E-state index contributed by atoms with van der Waals surface area (Å²) in [7, 11) is 0. The molecule has 18 heavy (non-hydrogen) atoms. The van der Waals surface area contributed by atoms with Crippen molar-refractivity contribution in [3.05, 3.63) is 29.8 Å². The van der Waals surface area contributed by atoms with Crippen LogP contribution < -0.4 is 5.32 Å². The van der Waals surface area contributed by atoms with E-state index in [1.54, 1.807) is 6.92 Å². The minimum atomic E-state index is -1.12. The summed E-state index contributed by atoms with van der Waals surface area (Å²) in [5, 5.41) is 11.4. The van der Waals surface area contributed by atoms with Crippen LogP contribution in [-0.4, -0.2) is 28.0 Å². The van der Waals surface area contributed by atoms with Crippen molar-refractivity contribution >= 4 is 11.9 Å². The highest BCUT2D eigenvalue weighted by atomic mass is 19.1. The number of aromatic nitrogens is 1. The first-order valence-electron chi connectivity index (χ1n) is 5.62. The smallest absolute Gasteiger partial charge is 0.326 e. The number of carboxylic acid groups (broad SMARTS) is 1. The predicted octanol–water partition coefficient (Wildman–Crippen LogP) is 1.45. The summed E-state index contributed by atoms with van der Waals surface area (Å²) in [6.07, 6.45) is 0.605. The second-order valence-corrected chi connectivity index (χ2v) is 4.02. The molecule has 0 fully saturated rings. The van der Waals surface area contributed by atoms with Gasteiger partial charge in [0.15, 0.2) is 0 Å². The fraction of sp³-hybridized carbons (Fsp3) is 0.417. The lowest BCUT2D eigenvalue weighted by Crippen LogP contribution is -2.45. The SMILES string of the molecule is CC[C@H](C)[C@@H](NC(=O)c1cccc(F)n1)C(=O)O. The van der Waals surface area contributed by atoms with Crippen LogP contribution in [0, 0.1) is 11.9 Å². The zero-order chi connectivity index (χ0) is 13.7. The fourth-order valence-electron chi connectivity index (χ4n) is 1.43. The Morgan fingerprint density at radius 3 is 2.67 bits per heavy atom. The maximum absolute atomic E-state index is 12.8. The van der Waals surface area contributed by atoms with Gasteiger partial charge in [-0.05, 0) is 18.1 Å². The molecule has 5 nitrogen and oxygen atoms in total. The van der Waals surface area contributed by atoms with E-state index in [9.17, 15) is 14.0 Å². The molecule has 0 radical (unpaired) electrons. The Balaban J connectivity index is 2.82. The van der Waals surface area contributed by atoms with Crippen LogP contribution in [0.25, 0.3) is 0 Å². The quantitative estimate of drug-likeness (QED) is 0.779. The molecule has 1 amide bonds. The Bertz CT molecular complexity index is 451. The van der Waals surface area contributed by atoms with Crippen molar-refractivity contribution in [2.45, 2.75) is 26.3 Å². The lowest BCUT2D eigenvalue weighted by Gasteiger charge is -2.19. The molecule has 1 heterocycles. The number of halogens is 1. The number of nitrogens with zero attached hydrogens (tertiary/aromatic N) is 1. The zero-order valence-electron chi connectivity index (χ0n) is 10.2. The molecular formula is C12H15FN2O3. The van der Waals surface area contributed by atoms with Crippen LogP contribution in [0.5, 0.6) is 0 Å². The van der Waals surface area contributed by atoms with E-state index in [1.807, 2.05) is 6.92 Å². The topological polar surface area (TPSA) is 79.3 Å². The Morgan fingerprint density at radius 2 is 2.17 bits per heavy atom. The van der Waals surface area contributed by atoms with Gasteiger partial charge in [0, 0.05) is 0 Å². The van der Waals surface area contributed by atoms with E-state index in [-0.39, 0.29) is 11.6 Å². The van der Waals surface area contributed by atoms with Gasteiger partial charge in [-0.15, -0.1) is 0 Å². The lowest BCUT2D eigenvalue weighted by atomic mass is 9.99. The molecule has 0 aliphatic heterocycles. The molecule has 1 aromatic rings. The summed E-state index contributed by atoms with van der Waals surface area (Å²) < 4.78 is 12.8. The standard InChI is InChI=1S/C12H15FN2O3/c1-3-7(2)10(12(17)18)15-11(16)8-5-4-6-9(13)14-8/h4-7,10H,3H2,1-2H3,(H,15,16)(H,17,18)/t7-,10+/m0/s1. The van der Waals surface area contributed by atoms with Gasteiger partial charge >= 0.3 is 5.97 Å². The van der Waals surface area contributed by atoms with Gasteiger partial charge in [0.2, 0.25) is 5.95 Å². The van der Waals surface area contributed by atoms with E-state index >= 15 is 0 Å². The number of carbonyl (C=O) groups excluding carboxylic acids is 1. The number of rotatable bonds is 5. The number of amides is 1. The van der Waals surface area contributed by atoms with Gasteiger partial charge in [0.05, 0.1) is 0 Å². The van der Waals surface area contributed by atoms with Gasteiger partial charge in [0.25, 0.3) is 5.91 Å². The molecular weight excluding hydrogens is 239 g/mol. The number of carbonyl (C=O) groups is 2. The highest BCUT2D eigenvalue weighted by molar-refractivity contribution is 5.94. The largest absolute Gasteiger partial charge is 0.480 e. The number of hydrogen-bond donors (Lipinski definition) is 2. The van der Waals surface area contributed by atoms with Gasteiger partial charge in [-0.3, -0.25) is 4.79 Å². The normalized spacial score (nSPS) is 13.7. The number of carboxylic acids is 1. The van der Waals surface area contributed by atoms with Crippen molar-refractivity contribution in [1.29, 1.82) is 0 Å². The monoisotopic (exact) mass is 254 g/mol. The third kappa shape index (κ3) is 3.51. The number of hydrogen-bond acceptors (Lipinski definition) is 3. The minimum absolute atomic E-state index is 0.135. The molecule has 2 atom stereocenters. The molecule has 1 aromatic heterocycles. The molecule has 0 saturated carbocycles. The van der Waals surface area contributed by atoms with E-state index in [4.69, 9.17) is 5.11 Å². The second kappa shape index (κ2) is 6.09. The molecule has 0 aliphatic rings. The van der Waals surface area contributed by atoms with Crippen molar-refractivity contribution in [1.82, 2.24) is 10.3 Å². The van der Waals surface area contributed by atoms with E-state index in [2.05, 4.69) is 10.3 Å². The summed E-state index contributed by atoms with van der Waals surface area (Å²) >= 11 is 0. The number of pyridine rings is 1. The average Bonchev–Trinajstić information content (AvgIpc) is 2.34. The summed E-state index contributed by atoms with van der Waals surface area (Å²) in [6, 6.07) is 2.78. The first-order valence-corrected chi connectivity index (χ1v) is 5.62. The highest BCUT2D eigenvalue weighted by Crippen LogP contribution is 2.09.